The summed E-state index contributed by atoms with van der Waals surface area (Å²) in [5.74, 6) is 0.201. The molecule has 2 aromatic rings. The van der Waals surface area contributed by atoms with E-state index < -0.39 is 24.0 Å². The molecule has 2 atom stereocenters. The number of rotatable bonds is 15. The van der Waals surface area contributed by atoms with Gasteiger partial charge in [-0.2, -0.15) is 0 Å². The molecule has 1 heterocycles. The molecule has 0 aromatic heterocycles. The van der Waals surface area contributed by atoms with E-state index in [1.54, 1.807) is 4.90 Å². The van der Waals surface area contributed by atoms with Crippen LogP contribution in [0.25, 0.3) is 0 Å². The Bertz CT molecular complexity index is 1210. The van der Waals surface area contributed by atoms with Crippen LogP contribution in [0.2, 0.25) is 0 Å². The van der Waals surface area contributed by atoms with Crippen LogP contribution in [0.1, 0.15) is 83.6 Å². The van der Waals surface area contributed by atoms with E-state index in [2.05, 4.69) is 0 Å². The fourth-order valence-electron chi connectivity index (χ4n) is 4.76. The monoisotopic (exact) mass is 568 g/mol. The highest BCUT2D eigenvalue weighted by atomic mass is 16.7. The molecule has 0 saturated heterocycles. The quantitative estimate of drug-likeness (QED) is 0.299. The molecule has 0 radical (unpaired) electrons. The third-order valence-electron chi connectivity index (χ3n) is 7.06. The van der Waals surface area contributed by atoms with Gasteiger partial charge < -0.3 is 35.8 Å². The number of amides is 3. The summed E-state index contributed by atoms with van der Waals surface area (Å²) in [4.78, 5) is 42.6. The van der Waals surface area contributed by atoms with Crippen LogP contribution in [0.4, 0.5) is 0 Å². The highest BCUT2D eigenvalue weighted by Gasteiger charge is 2.26. The van der Waals surface area contributed by atoms with Gasteiger partial charge in [0.2, 0.25) is 12.7 Å². The summed E-state index contributed by atoms with van der Waals surface area (Å²) in [7, 11) is 0. The Morgan fingerprint density at radius 1 is 0.878 bits per heavy atom. The molecular formula is C31H44N4O6. The van der Waals surface area contributed by atoms with E-state index in [-0.39, 0.29) is 35.9 Å². The van der Waals surface area contributed by atoms with E-state index in [0.717, 1.165) is 18.4 Å². The molecule has 5 N–H and O–H groups in total. The average molecular weight is 569 g/mol. The van der Waals surface area contributed by atoms with Gasteiger partial charge in [-0.1, -0.05) is 33.8 Å². The second-order valence-electron chi connectivity index (χ2n) is 11.0. The summed E-state index contributed by atoms with van der Waals surface area (Å²) in [6.45, 7) is 9.70. The fraction of sp³-hybridized carbons (Fsp3) is 0.516. The number of aliphatic hydroxyl groups is 1. The number of aliphatic hydroxyl groups excluding tert-OH is 1. The average Bonchev–Trinajstić information content (AvgIpc) is 3.41. The van der Waals surface area contributed by atoms with Crippen LogP contribution < -0.4 is 20.9 Å². The van der Waals surface area contributed by atoms with Crippen molar-refractivity contribution in [3.8, 4) is 11.5 Å². The third kappa shape index (κ3) is 8.68. The zero-order chi connectivity index (χ0) is 30.1. The molecule has 0 unspecified atom stereocenters. The lowest BCUT2D eigenvalue weighted by atomic mass is 9.99. The first kappa shape index (κ1) is 31.9. The summed E-state index contributed by atoms with van der Waals surface area (Å²) in [5.41, 5.74) is 13.3. The Morgan fingerprint density at radius 3 is 2.05 bits per heavy atom. The minimum atomic E-state index is -1.03. The van der Waals surface area contributed by atoms with Gasteiger partial charge in [0.05, 0.1) is 6.10 Å². The van der Waals surface area contributed by atoms with Crippen LogP contribution in [0.3, 0.4) is 0 Å². The van der Waals surface area contributed by atoms with Crippen molar-refractivity contribution in [2.75, 3.05) is 33.0 Å². The highest BCUT2D eigenvalue weighted by molar-refractivity contribution is 6.04. The predicted octanol–water partition coefficient (Wildman–Crippen LogP) is 3.20. The van der Waals surface area contributed by atoms with Crippen molar-refractivity contribution in [2.24, 2.45) is 17.4 Å². The lowest BCUT2D eigenvalue weighted by Crippen LogP contribution is -2.47. The predicted molar refractivity (Wildman–Crippen MR) is 157 cm³/mol. The summed E-state index contributed by atoms with van der Waals surface area (Å²) < 4.78 is 10.8. The molecule has 0 bridgehead atoms. The molecule has 10 nitrogen and oxygen atoms in total. The van der Waals surface area contributed by atoms with Gasteiger partial charge in [-0.15, -0.1) is 0 Å². The maximum atomic E-state index is 13.8. The molecule has 0 spiro atoms. The van der Waals surface area contributed by atoms with Gasteiger partial charge in [0, 0.05) is 48.9 Å². The van der Waals surface area contributed by atoms with Crippen molar-refractivity contribution < 1.29 is 29.0 Å². The van der Waals surface area contributed by atoms with E-state index in [4.69, 9.17) is 20.9 Å². The molecular weight excluding hydrogens is 524 g/mol. The highest BCUT2D eigenvalue weighted by Crippen LogP contribution is 2.32. The maximum absolute atomic E-state index is 13.8. The number of primary amides is 1. The molecule has 0 fully saturated rings. The van der Waals surface area contributed by atoms with E-state index in [0.29, 0.717) is 49.9 Å². The Morgan fingerprint density at radius 2 is 1.46 bits per heavy atom. The van der Waals surface area contributed by atoms with Gasteiger partial charge in [0.15, 0.2) is 11.5 Å². The van der Waals surface area contributed by atoms with Crippen molar-refractivity contribution >= 4 is 17.7 Å². The number of nitrogens with two attached hydrogens (primary N) is 2. The first-order valence-electron chi connectivity index (χ1n) is 14.4. The summed E-state index contributed by atoms with van der Waals surface area (Å²) in [6.07, 6.45) is 1.59. The summed E-state index contributed by atoms with van der Waals surface area (Å²) >= 11 is 0. The van der Waals surface area contributed by atoms with Gasteiger partial charge in [-0.05, 0) is 67.5 Å². The number of fused-ring (bicyclic) bond motifs is 1. The molecule has 0 saturated carbocycles. The Hall–Kier alpha value is -3.63. The smallest absolute Gasteiger partial charge is 0.253 e. The van der Waals surface area contributed by atoms with Crippen molar-refractivity contribution in [3.05, 3.63) is 58.7 Å². The molecule has 1 aliphatic rings. The number of carbonyl (C=O) groups excluding carboxylic acids is 3. The fourth-order valence-corrected chi connectivity index (χ4v) is 4.76. The Labute approximate surface area is 242 Å². The Kier molecular flexibility index (Phi) is 11.5. The van der Waals surface area contributed by atoms with Gasteiger partial charge >= 0.3 is 0 Å². The van der Waals surface area contributed by atoms with Crippen molar-refractivity contribution in [1.29, 1.82) is 0 Å². The number of carbonyl (C=O) groups is 3. The largest absolute Gasteiger partial charge is 0.454 e. The van der Waals surface area contributed by atoms with E-state index in [9.17, 15) is 19.5 Å². The maximum Gasteiger partial charge on any atom is 0.253 e. The van der Waals surface area contributed by atoms with Crippen molar-refractivity contribution in [2.45, 2.75) is 65.5 Å². The lowest BCUT2D eigenvalue weighted by molar-refractivity contribution is 0.0563. The third-order valence-corrected chi connectivity index (χ3v) is 7.06. The van der Waals surface area contributed by atoms with Crippen LogP contribution in [0, 0.1) is 5.92 Å². The van der Waals surface area contributed by atoms with E-state index >= 15 is 0 Å². The Balaban J connectivity index is 1.84. The molecule has 10 heteroatoms. The van der Waals surface area contributed by atoms with Gasteiger partial charge in [0.1, 0.15) is 0 Å². The zero-order valence-electron chi connectivity index (χ0n) is 24.6. The van der Waals surface area contributed by atoms with Crippen molar-refractivity contribution in [1.82, 2.24) is 9.80 Å². The second kappa shape index (κ2) is 14.8. The molecule has 2 aromatic carbocycles. The van der Waals surface area contributed by atoms with Crippen molar-refractivity contribution in [3.63, 3.8) is 0 Å². The zero-order valence-corrected chi connectivity index (χ0v) is 24.6. The molecule has 1 aliphatic heterocycles. The van der Waals surface area contributed by atoms with Crippen LogP contribution in [0.15, 0.2) is 36.4 Å². The minimum absolute atomic E-state index is 0.0147. The molecule has 0 aliphatic carbocycles. The molecule has 224 valence electrons. The van der Waals surface area contributed by atoms with Gasteiger partial charge in [-0.25, -0.2) is 0 Å². The van der Waals surface area contributed by atoms with Crippen LogP contribution in [-0.2, 0) is 6.42 Å². The number of hydrogen-bond acceptors (Lipinski definition) is 7. The van der Waals surface area contributed by atoms with Crippen LogP contribution >= 0.6 is 0 Å². The standard InChI is InChI=1S/C31H44N4O6/c1-5-10-34(11-6-2)30(38)23-15-22(29(33)37)16-24(17-23)31(39)35(12-9-20(3)4)18-26(36)25(32)13-21-7-8-27-28(14-21)41-19-40-27/h7-8,14-17,20,25-26,36H,5-6,9-13,18-19,32H2,1-4H3,(H2,33,37)/t25-,26+/m0/s1. The molecule has 3 amide bonds. The van der Waals surface area contributed by atoms with Crippen LogP contribution in [0.5, 0.6) is 11.5 Å². The lowest BCUT2D eigenvalue weighted by Gasteiger charge is -2.29. The number of ether oxygens (including phenoxy) is 2. The van der Waals surface area contributed by atoms with Gasteiger partial charge in [-0.3, -0.25) is 14.4 Å². The SMILES string of the molecule is CCCN(CCC)C(=O)c1cc(C(N)=O)cc(C(=O)N(CCC(C)C)C[C@@H](O)[C@@H](N)Cc2ccc3c(c2)OCO3)c1. The molecule has 3 rings (SSSR count). The number of hydrogen-bond donors (Lipinski definition) is 3. The van der Waals surface area contributed by atoms with E-state index in [1.807, 2.05) is 45.9 Å². The number of nitrogens with zero attached hydrogens (tertiary/aromatic N) is 2. The minimum Gasteiger partial charge on any atom is -0.454 e. The van der Waals surface area contributed by atoms with Gasteiger partial charge in [0.25, 0.3) is 11.8 Å². The normalized spacial score (nSPS) is 13.6. The van der Waals surface area contributed by atoms with E-state index in [1.165, 1.54) is 23.1 Å². The second-order valence-corrected chi connectivity index (χ2v) is 11.0. The summed E-state index contributed by atoms with van der Waals surface area (Å²) in [5, 5.41) is 11.1. The first-order chi connectivity index (χ1) is 19.5. The van der Waals surface area contributed by atoms with Crippen LogP contribution in [-0.4, -0.2) is 77.7 Å². The topological polar surface area (TPSA) is 148 Å². The molecule has 41 heavy (non-hydrogen) atoms. The number of benzene rings is 2. The summed E-state index contributed by atoms with van der Waals surface area (Å²) in [6, 6.07) is 9.22. The first-order valence-corrected chi connectivity index (χ1v) is 14.4.